The molecule has 456 valence electrons. The molecule has 84 heavy (non-hydrogen) atoms. The zero-order valence-corrected chi connectivity index (χ0v) is 52.5. The Morgan fingerprint density at radius 3 is 2.39 bits per heavy atom. The summed E-state index contributed by atoms with van der Waals surface area (Å²) in [7, 11) is 0. The standard InChI is InChI=1S/C65H87IN6O12/c1-10-56(5)16-18-61(84-56)32(2)52-47(82-61)24-40-37-13-11-34-21-44-45(29-57(34,6)39(37)25-48(73)59(40,52)8)72-63-28-35-22-46(81-54(76)68-19-20-79-53(75)38-23-36(66)12-14-43(38)69-70-67)51-41(58(35,7)30-64(63,72)71(44)63)26-49(74)60(9)42(51)27-50-65(60,78)33(3)62(83-50)17-15-55(4,77)31-80-62/h12,14,23,27,32-35,37,39-41,46-52,73-74,77-78H,10-11,13,15-22,24-26,28-31H2,1-9H3,(H,68,76)/t32-,33+,34-,35-,37+,39-,40+,41-,46-,47-,48+,49+,50-,51+,52-,55-,56-,57-,58-,59+,60+,61+,62+,63?,64?,65+,71?,72?/m0/s1/i66-2. The molecule has 2 unspecified atom stereocenters. The van der Waals surface area contributed by atoms with Crippen molar-refractivity contribution in [3.05, 3.63) is 60.8 Å². The number of benzene rings is 1. The molecule has 4 spiro atoms. The molecule has 5 N–H and O–H groups in total. The Morgan fingerprint density at radius 2 is 1.65 bits per heavy atom. The normalized spacial score (nSPS) is 55.0. The summed E-state index contributed by atoms with van der Waals surface area (Å²) in [4.78, 5) is 36.0. The largest absolute Gasteiger partial charge is 0.460 e. The first-order valence-corrected chi connectivity index (χ1v) is 33.3. The third kappa shape index (κ3) is 6.59. The number of amides is 1. The minimum absolute atomic E-state index is 0.0226. The Morgan fingerprint density at radius 1 is 0.893 bits per heavy atom. The predicted molar refractivity (Wildman–Crippen MR) is 313 cm³/mol. The molecule has 1 aromatic carbocycles. The summed E-state index contributed by atoms with van der Waals surface area (Å²) in [6.45, 7) is 19.9. The summed E-state index contributed by atoms with van der Waals surface area (Å²) in [5.41, 5.74) is 8.77. The maximum atomic E-state index is 14.3. The fraction of sp³-hybridized carbons (Fsp3) is 0.815. The van der Waals surface area contributed by atoms with E-state index in [1.54, 1.807) is 25.1 Å². The van der Waals surface area contributed by atoms with Crippen molar-refractivity contribution in [2.24, 2.45) is 86.0 Å². The summed E-state index contributed by atoms with van der Waals surface area (Å²) in [6.07, 6.45) is 11.7. The molecular weight excluding hydrogens is 1180 g/mol. The van der Waals surface area contributed by atoms with Crippen LogP contribution in [0.2, 0.25) is 0 Å². The Bertz CT molecular complexity index is 3180. The maximum Gasteiger partial charge on any atom is 0.407 e. The molecular formula is C65H87IN6O12. The van der Waals surface area contributed by atoms with Crippen LogP contribution in [-0.4, -0.2) is 132 Å². The number of nitrogens with zero attached hydrogens (tertiary/aromatic N) is 5. The van der Waals surface area contributed by atoms with E-state index in [1.165, 1.54) is 24.2 Å². The molecule has 8 aliphatic carbocycles. The van der Waals surface area contributed by atoms with Crippen molar-refractivity contribution in [2.45, 2.75) is 229 Å². The van der Waals surface area contributed by atoms with Crippen molar-refractivity contribution >= 4 is 40.3 Å². The van der Waals surface area contributed by atoms with Crippen LogP contribution in [0.25, 0.3) is 10.4 Å². The highest BCUT2D eigenvalue weighted by Gasteiger charge is 3.03. The van der Waals surface area contributed by atoms with E-state index in [2.05, 4.69) is 89.3 Å². The second-order valence-electron chi connectivity index (χ2n) is 31.3. The van der Waals surface area contributed by atoms with Crippen molar-refractivity contribution in [2.75, 3.05) is 19.8 Å². The molecule has 12 fully saturated rings. The number of esters is 1. The number of allylic oxidation sites excluding steroid dienone is 2. The average molecular weight is 1270 g/mol. The van der Waals surface area contributed by atoms with Gasteiger partial charge >= 0.3 is 12.1 Å². The average Bonchev–Trinajstić information content (AvgIpc) is 1.37. The smallest absolute Gasteiger partial charge is 0.407 e. The van der Waals surface area contributed by atoms with Gasteiger partial charge < -0.3 is 64.0 Å². The van der Waals surface area contributed by atoms with Gasteiger partial charge in [-0.05, 0) is 184 Å². The van der Waals surface area contributed by atoms with E-state index in [1.807, 2.05) is 19.9 Å². The third-order valence-corrected chi connectivity index (χ3v) is 29.0. The van der Waals surface area contributed by atoms with Gasteiger partial charge in [-0.25, -0.2) is 9.59 Å². The summed E-state index contributed by atoms with van der Waals surface area (Å²) in [5.74, 6) is -0.836. The van der Waals surface area contributed by atoms with E-state index < -0.39 is 70.6 Å². The lowest BCUT2D eigenvalue weighted by Crippen LogP contribution is -2.66. The molecule has 6 saturated heterocycles. The van der Waals surface area contributed by atoms with E-state index in [4.69, 9.17) is 34.0 Å². The second-order valence-corrected chi connectivity index (χ2v) is 32.6. The highest BCUT2D eigenvalue weighted by atomic mass is 125. The number of azide groups is 1. The summed E-state index contributed by atoms with van der Waals surface area (Å²) in [6, 6.07) is 4.89. The Labute approximate surface area is 506 Å². The number of halogens is 1. The number of carbonyl (C=O) groups excluding carboxylic acids is 2. The molecule has 19 heteroatoms. The number of aliphatic hydroxyl groups is 4. The lowest BCUT2D eigenvalue weighted by atomic mass is 9.43. The van der Waals surface area contributed by atoms with Gasteiger partial charge in [-0.3, -0.25) is 0 Å². The molecule has 8 heterocycles. The van der Waals surface area contributed by atoms with Crippen LogP contribution in [0.5, 0.6) is 0 Å². The van der Waals surface area contributed by atoms with Crippen molar-refractivity contribution in [3.63, 3.8) is 0 Å². The Balaban J connectivity index is 0.670. The number of alkyl carbamates (subject to hydrolysis) is 1. The van der Waals surface area contributed by atoms with Crippen molar-refractivity contribution < 1.29 is 58.4 Å². The molecule has 8 aliphatic heterocycles. The fourth-order valence-corrected chi connectivity index (χ4v) is 24.3. The number of fused-ring (bicyclic) bond motifs is 14. The molecule has 0 aromatic heterocycles. The van der Waals surface area contributed by atoms with Gasteiger partial charge in [-0.1, -0.05) is 71.3 Å². The van der Waals surface area contributed by atoms with Crippen LogP contribution < -0.4 is 5.32 Å². The molecule has 26 atom stereocenters. The quantitative estimate of drug-likeness (QED) is 0.0250. The number of aliphatic hydroxyl groups excluding tert-OH is 2. The summed E-state index contributed by atoms with van der Waals surface area (Å²) >= 11 is 2.07. The van der Waals surface area contributed by atoms with Crippen LogP contribution in [-0.2, 0) is 28.4 Å². The lowest BCUT2D eigenvalue weighted by molar-refractivity contribution is -0.289. The number of carbonyl (C=O) groups is 2. The van der Waals surface area contributed by atoms with E-state index >= 15 is 0 Å². The number of ether oxygens (including phenoxy) is 6. The Hall–Kier alpha value is -3.24. The molecule has 1 amide bonds. The zero-order chi connectivity index (χ0) is 58.9. The van der Waals surface area contributed by atoms with Crippen molar-refractivity contribution in [3.8, 4) is 0 Å². The van der Waals surface area contributed by atoms with Gasteiger partial charge in [-0.2, -0.15) is 0 Å². The number of rotatable bonds is 7. The maximum absolute atomic E-state index is 14.3. The van der Waals surface area contributed by atoms with Crippen LogP contribution >= 0.6 is 22.6 Å². The number of hydrogen-bond donors (Lipinski definition) is 5. The van der Waals surface area contributed by atoms with E-state index in [0.717, 1.165) is 66.9 Å². The minimum atomic E-state index is -1.56. The third-order valence-electron chi connectivity index (χ3n) is 28.4. The fourth-order valence-electron chi connectivity index (χ4n) is 23.8. The molecule has 0 radical (unpaired) electrons. The summed E-state index contributed by atoms with van der Waals surface area (Å²) < 4.78 is 40.5. The summed E-state index contributed by atoms with van der Waals surface area (Å²) in [5, 5.41) is 56.7. The van der Waals surface area contributed by atoms with Crippen molar-refractivity contribution in [1.82, 2.24) is 15.1 Å². The number of hydrogen-bond acceptors (Lipinski definition) is 15. The van der Waals surface area contributed by atoms with Gasteiger partial charge in [0.15, 0.2) is 22.9 Å². The van der Waals surface area contributed by atoms with Gasteiger partial charge in [0, 0.05) is 67.2 Å². The molecule has 18 nitrogen and oxygen atoms in total. The van der Waals surface area contributed by atoms with Crippen LogP contribution in [0.4, 0.5) is 10.5 Å². The van der Waals surface area contributed by atoms with Gasteiger partial charge in [0.25, 0.3) is 0 Å². The van der Waals surface area contributed by atoms with E-state index in [-0.39, 0.29) is 99.9 Å². The Kier molecular flexibility index (Phi) is 11.6. The molecule has 16 aliphatic rings. The highest BCUT2D eigenvalue weighted by Crippen LogP contribution is 2.91. The second kappa shape index (κ2) is 17.4. The monoisotopic (exact) mass is 1270 g/mol. The molecule has 6 saturated carbocycles. The van der Waals surface area contributed by atoms with Gasteiger partial charge in [0.2, 0.25) is 0 Å². The lowest BCUT2D eigenvalue weighted by Gasteiger charge is -2.62. The van der Waals surface area contributed by atoms with Crippen LogP contribution in [0.15, 0.2) is 46.4 Å². The first-order valence-electron chi connectivity index (χ1n) is 32.2. The number of nitrogens with one attached hydrogen (secondary N) is 1. The van der Waals surface area contributed by atoms with E-state index in [9.17, 15) is 30.0 Å². The first kappa shape index (κ1) is 56.0. The van der Waals surface area contributed by atoms with Gasteiger partial charge in [0.1, 0.15) is 24.4 Å². The highest BCUT2D eigenvalue weighted by molar-refractivity contribution is 14.1. The van der Waals surface area contributed by atoms with Crippen molar-refractivity contribution in [1.29, 1.82) is 0 Å². The minimum Gasteiger partial charge on any atom is -0.460 e. The van der Waals surface area contributed by atoms with Crippen LogP contribution in [0.1, 0.15) is 169 Å². The molecule has 2 bridgehead atoms. The predicted octanol–water partition coefficient (Wildman–Crippen LogP) is 10.1. The van der Waals surface area contributed by atoms with Crippen LogP contribution in [0, 0.1) is 84.4 Å². The molecule has 1 aromatic rings. The molecule has 17 rings (SSSR count). The zero-order valence-electron chi connectivity index (χ0n) is 50.4. The van der Waals surface area contributed by atoms with E-state index in [0.29, 0.717) is 49.4 Å². The van der Waals surface area contributed by atoms with Gasteiger partial charge in [-0.15, -0.1) is 0 Å². The first-order chi connectivity index (χ1) is 39.7. The van der Waals surface area contributed by atoms with Gasteiger partial charge in [0.05, 0.1) is 53.9 Å². The SMILES string of the molecule is CC[C@@]1(C)CC[C@@]2(O[C@H]3C[C@@H]4[C@@H]5CC[C@H]6CC7=C(C[C@]6(C)[C@H]5C[C@@H](O)[C@]4(C)[C@H]3[C@@H]2C)N2C34C[C@@H]5C[C@H](OC(=O)NCCOC(=O)c6cc([125I])ccc6N=[N+]=[N-])[C@H]6C8=C[C@@H]9O[C@]%10(CC[C@](C)(O)CO%10)[C@@H](C)[C@]9(O)[C@@]8(C)[C@H](O)C[C@@H]6[C@@]5(C)CC23N74)O1. The topological polar surface area (TPSA) is 237 Å². The van der Waals surface area contributed by atoms with Crippen LogP contribution in [0.3, 0.4) is 0 Å².